The van der Waals surface area contributed by atoms with Gasteiger partial charge in [0, 0.05) is 24.0 Å². The Bertz CT molecular complexity index is 892. The number of rotatable bonds is 7. The summed E-state index contributed by atoms with van der Waals surface area (Å²) in [5, 5.41) is 5.80. The molecule has 0 aliphatic heterocycles. The fourth-order valence-electron chi connectivity index (χ4n) is 2.61. The van der Waals surface area contributed by atoms with Gasteiger partial charge in [-0.1, -0.05) is 24.3 Å². The summed E-state index contributed by atoms with van der Waals surface area (Å²) in [6.45, 7) is 0.615. The van der Waals surface area contributed by atoms with Crippen molar-refractivity contribution in [3.05, 3.63) is 84.3 Å². The van der Waals surface area contributed by atoms with Gasteiger partial charge < -0.3 is 20.0 Å². The van der Waals surface area contributed by atoms with Crippen LogP contribution in [0, 0.1) is 0 Å². The summed E-state index contributed by atoms with van der Waals surface area (Å²) >= 11 is 0. The average Bonchev–Trinajstić information content (AvgIpc) is 3.21. The molecular weight excluding hydrogens is 342 g/mol. The van der Waals surface area contributed by atoms with Crippen molar-refractivity contribution in [2.75, 3.05) is 23.8 Å². The Morgan fingerprint density at radius 1 is 1.00 bits per heavy atom. The highest BCUT2D eigenvalue weighted by Gasteiger charge is 2.14. The molecule has 0 aliphatic rings. The van der Waals surface area contributed by atoms with E-state index in [1.807, 2.05) is 36.4 Å². The third-order valence-electron chi connectivity index (χ3n) is 4.01. The van der Waals surface area contributed by atoms with Crippen molar-refractivity contribution in [2.24, 2.45) is 0 Å². The lowest BCUT2D eigenvalue weighted by Gasteiger charge is -2.17. The zero-order chi connectivity index (χ0) is 19.1. The molecule has 0 spiro atoms. The van der Waals surface area contributed by atoms with E-state index >= 15 is 0 Å². The Labute approximate surface area is 157 Å². The predicted octanol–water partition coefficient (Wildman–Crippen LogP) is 3.28. The zero-order valence-electron chi connectivity index (χ0n) is 15.0. The van der Waals surface area contributed by atoms with Crippen LogP contribution >= 0.6 is 0 Å². The van der Waals surface area contributed by atoms with Crippen LogP contribution in [0.3, 0.4) is 0 Å². The second-order valence-corrected chi connectivity index (χ2v) is 6.01. The first-order chi connectivity index (χ1) is 13.1. The van der Waals surface area contributed by atoms with Crippen molar-refractivity contribution in [3.8, 4) is 0 Å². The molecule has 27 heavy (non-hydrogen) atoms. The van der Waals surface area contributed by atoms with Crippen LogP contribution in [0.5, 0.6) is 0 Å². The number of carbonyl (C=O) groups is 2. The number of furan rings is 1. The number of hydrogen-bond acceptors (Lipinski definition) is 4. The minimum Gasteiger partial charge on any atom is -0.468 e. The summed E-state index contributed by atoms with van der Waals surface area (Å²) in [5.74, 6) is 0.426. The zero-order valence-corrected chi connectivity index (χ0v) is 15.0. The lowest BCUT2D eigenvalue weighted by molar-refractivity contribution is -0.115. The number of hydrogen-bond donors (Lipinski definition) is 2. The quantitative estimate of drug-likeness (QED) is 0.676. The third kappa shape index (κ3) is 5.05. The smallest absolute Gasteiger partial charge is 0.258 e. The van der Waals surface area contributed by atoms with Gasteiger partial charge in [-0.2, -0.15) is 0 Å². The van der Waals surface area contributed by atoms with E-state index < -0.39 is 0 Å². The highest BCUT2D eigenvalue weighted by molar-refractivity contribution is 6.06. The molecule has 2 aromatic carbocycles. The Morgan fingerprint density at radius 2 is 1.81 bits per heavy atom. The van der Waals surface area contributed by atoms with Crippen LogP contribution in [0.2, 0.25) is 0 Å². The molecule has 0 fully saturated rings. The number of nitrogens with one attached hydrogen (secondary N) is 2. The van der Waals surface area contributed by atoms with Gasteiger partial charge in [0.15, 0.2) is 0 Å². The normalized spacial score (nSPS) is 10.4. The Kier molecular flexibility index (Phi) is 6.02. The van der Waals surface area contributed by atoms with Crippen LogP contribution < -0.4 is 15.5 Å². The van der Waals surface area contributed by atoms with E-state index in [4.69, 9.17) is 4.42 Å². The molecule has 6 heteroatoms. The van der Waals surface area contributed by atoms with Crippen molar-refractivity contribution < 1.29 is 14.0 Å². The molecule has 138 valence electrons. The van der Waals surface area contributed by atoms with Crippen LogP contribution in [0.25, 0.3) is 0 Å². The minimum atomic E-state index is -0.192. The summed E-state index contributed by atoms with van der Waals surface area (Å²) in [4.78, 5) is 26.3. The number of para-hydroxylation sites is 1. The molecule has 1 aromatic heterocycles. The molecule has 1 heterocycles. The second-order valence-electron chi connectivity index (χ2n) is 6.01. The Hall–Kier alpha value is -3.38. The second kappa shape index (κ2) is 8.82. The number of anilines is 2. The first kappa shape index (κ1) is 18.4. The molecule has 0 unspecified atom stereocenters. The summed E-state index contributed by atoms with van der Waals surface area (Å²) in [5.41, 5.74) is 1.88. The van der Waals surface area contributed by atoms with Gasteiger partial charge in [-0.25, -0.2) is 0 Å². The van der Waals surface area contributed by atoms with Crippen molar-refractivity contribution in [2.45, 2.75) is 6.54 Å². The van der Waals surface area contributed by atoms with Gasteiger partial charge in [-0.3, -0.25) is 9.59 Å². The van der Waals surface area contributed by atoms with Crippen molar-refractivity contribution in [1.82, 2.24) is 5.32 Å². The SMILES string of the molecule is CN(C(=O)c1cccc(NC(=O)CNCc2ccco2)c1)c1ccccc1. The fraction of sp³-hybridized carbons (Fsp3) is 0.143. The van der Waals surface area contributed by atoms with Gasteiger partial charge in [-0.05, 0) is 42.5 Å². The topological polar surface area (TPSA) is 74.6 Å². The summed E-state index contributed by atoms with van der Waals surface area (Å²) in [6, 6.07) is 19.9. The van der Waals surface area contributed by atoms with E-state index in [2.05, 4.69) is 10.6 Å². The standard InChI is InChI=1S/C21H21N3O3/c1-24(18-9-3-2-4-10-18)21(26)16-7-5-8-17(13-16)23-20(25)15-22-14-19-11-6-12-27-19/h2-13,22H,14-15H2,1H3,(H,23,25). The van der Waals surface area contributed by atoms with Crippen molar-refractivity contribution in [3.63, 3.8) is 0 Å². The largest absolute Gasteiger partial charge is 0.468 e. The third-order valence-corrected chi connectivity index (χ3v) is 4.01. The highest BCUT2D eigenvalue weighted by atomic mass is 16.3. The van der Waals surface area contributed by atoms with Gasteiger partial charge >= 0.3 is 0 Å². The van der Waals surface area contributed by atoms with E-state index in [9.17, 15) is 9.59 Å². The van der Waals surface area contributed by atoms with E-state index in [-0.39, 0.29) is 18.4 Å². The van der Waals surface area contributed by atoms with E-state index in [0.29, 0.717) is 17.8 Å². The summed E-state index contributed by atoms with van der Waals surface area (Å²) < 4.78 is 5.20. The number of nitrogens with zero attached hydrogens (tertiary/aromatic N) is 1. The van der Waals surface area contributed by atoms with Crippen molar-refractivity contribution >= 4 is 23.2 Å². The first-order valence-electron chi connectivity index (χ1n) is 8.59. The molecule has 2 amide bonds. The number of carbonyl (C=O) groups excluding carboxylic acids is 2. The molecule has 0 atom stereocenters. The van der Waals surface area contributed by atoms with E-state index in [1.54, 1.807) is 48.5 Å². The average molecular weight is 363 g/mol. The van der Waals surface area contributed by atoms with E-state index in [0.717, 1.165) is 11.4 Å². The van der Waals surface area contributed by atoms with Gasteiger partial charge in [0.2, 0.25) is 5.91 Å². The van der Waals surface area contributed by atoms with Gasteiger partial charge in [0.1, 0.15) is 5.76 Å². The van der Waals surface area contributed by atoms with Crippen LogP contribution in [0.15, 0.2) is 77.4 Å². The molecular formula is C21H21N3O3. The van der Waals surface area contributed by atoms with Gasteiger partial charge in [0.05, 0.1) is 19.4 Å². The number of amides is 2. The maximum absolute atomic E-state index is 12.7. The predicted molar refractivity (Wildman–Crippen MR) is 105 cm³/mol. The minimum absolute atomic E-state index is 0.142. The molecule has 0 radical (unpaired) electrons. The number of benzene rings is 2. The van der Waals surface area contributed by atoms with Crippen LogP contribution in [-0.2, 0) is 11.3 Å². The monoisotopic (exact) mass is 363 g/mol. The maximum Gasteiger partial charge on any atom is 0.258 e. The lowest BCUT2D eigenvalue weighted by Crippen LogP contribution is -2.28. The molecule has 3 aromatic rings. The maximum atomic E-state index is 12.7. The van der Waals surface area contributed by atoms with Crippen LogP contribution in [-0.4, -0.2) is 25.4 Å². The fourth-order valence-corrected chi connectivity index (χ4v) is 2.61. The first-order valence-corrected chi connectivity index (χ1v) is 8.59. The van der Waals surface area contributed by atoms with E-state index in [1.165, 1.54) is 0 Å². The van der Waals surface area contributed by atoms with Gasteiger partial charge in [0.25, 0.3) is 5.91 Å². The highest BCUT2D eigenvalue weighted by Crippen LogP contribution is 2.17. The van der Waals surface area contributed by atoms with Crippen molar-refractivity contribution in [1.29, 1.82) is 0 Å². The molecule has 3 rings (SSSR count). The molecule has 0 bridgehead atoms. The summed E-state index contributed by atoms with van der Waals surface area (Å²) in [6.07, 6.45) is 1.59. The molecule has 0 saturated carbocycles. The molecule has 2 N–H and O–H groups in total. The van der Waals surface area contributed by atoms with Crippen LogP contribution in [0.1, 0.15) is 16.1 Å². The summed E-state index contributed by atoms with van der Waals surface area (Å²) in [7, 11) is 1.72. The molecule has 0 aliphatic carbocycles. The van der Waals surface area contributed by atoms with Crippen LogP contribution in [0.4, 0.5) is 11.4 Å². The Morgan fingerprint density at radius 3 is 2.56 bits per heavy atom. The molecule has 6 nitrogen and oxygen atoms in total. The Balaban J connectivity index is 1.58. The lowest BCUT2D eigenvalue weighted by atomic mass is 10.1. The van der Waals surface area contributed by atoms with Gasteiger partial charge in [-0.15, -0.1) is 0 Å². The molecule has 0 saturated heterocycles.